The van der Waals surface area contributed by atoms with E-state index in [1.165, 1.54) is 5.56 Å². The second kappa shape index (κ2) is 3.64. The maximum absolute atomic E-state index is 8.58. The Bertz CT molecular complexity index is 369. The first-order valence-electron chi connectivity index (χ1n) is 4.83. The van der Waals surface area contributed by atoms with Crippen molar-refractivity contribution in [1.82, 2.24) is 5.48 Å². The molecule has 0 aromatic heterocycles. The zero-order valence-electron chi connectivity index (χ0n) is 8.58. The van der Waals surface area contributed by atoms with Gasteiger partial charge in [-0.25, -0.2) is 0 Å². The van der Waals surface area contributed by atoms with Crippen LogP contribution in [0.4, 0.5) is 0 Å². The molecular weight excluding hydrogens is 192 g/mol. The zero-order valence-corrected chi connectivity index (χ0v) is 8.58. The fourth-order valence-corrected chi connectivity index (χ4v) is 1.68. The topological polar surface area (TPSA) is 65.3 Å². The van der Waals surface area contributed by atoms with Gasteiger partial charge in [0, 0.05) is 11.0 Å². The van der Waals surface area contributed by atoms with E-state index >= 15 is 0 Å². The lowest BCUT2D eigenvalue weighted by Crippen LogP contribution is -2.43. The third-order valence-electron chi connectivity index (χ3n) is 2.82. The SMILES string of the molecule is CC1(c2ccc(C(=N)NO)cc2)COC1. The van der Waals surface area contributed by atoms with Gasteiger partial charge < -0.3 is 4.74 Å². The molecule has 0 spiro atoms. The molecular formula is C11H14N2O2. The smallest absolute Gasteiger partial charge is 0.149 e. The summed E-state index contributed by atoms with van der Waals surface area (Å²) in [5.41, 5.74) is 3.83. The van der Waals surface area contributed by atoms with Gasteiger partial charge in [-0.15, -0.1) is 0 Å². The highest BCUT2D eigenvalue weighted by molar-refractivity contribution is 5.95. The number of benzene rings is 1. The van der Waals surface area contributed by atoms with Crippen LogP contribution in [0.5, 0.6) is 0 Å². The van der Waals surface area contributed by atoms with Gasteiger partial charge in [-0.1, -0.05) is 31.2 Å². The van der Waals surface area contributed by atoms with Crippen LogP contribution in [-0.2, 0) is 10.2 Å². The van der Waals surface area contributed by atoms with Crippen molar-refractivity contribution in [1.29, 1.82) is 5.41 Å². The fourth-order valence-electron chi connectivity index (χ4n) is 1.68. The molecule has 4 nitrogen and oxygen atoms in total. The maximum Gasteiger partial charge on any atom is 0.149 e. The number of amidine groups is 1. The molecule has 0 amide bonds. The first-order chi connectivity index (χ1) is 7.15. The first kappa shape index (κ1) is 10.1. The Balaban J connectivity index is 2.20. The van der Waals surface area contributed by atoms with Gasteiger partial charge in [0.25, 0.3) is 0 Å². The Morgan fingerprint density at radius 2 is 2.00 bits per heavy atom. The summed E-state index contributed by atoms with van der Waals surface area (Å²) in [6.07, 6.45) is 0. The highest BCUT2D eigenvalue weighted by atomic mass is 16.5. The Kier molecular flexibility index (Phi) is 2.46. The normalized spacial score (nSPS) is 18.0. The minimum atomic E-state index is 0.0107. The van der Waals surface area contributed by atoms with Crippen LogP contribution in [-0.4, -0.2) is 24.3 Å². The van der Waals surface area contributed by atoms with Crippen molar-refractivity contribution in [3.05, 3.63) is 35.4 Å². The number of hydrogen-bond donors (Lipinski definition) is 3. The molecule has 0 radical (unpaired) electrons. The zero-order chi connectivity index (χ0) is 10.9. The lowest BCUT2D eigenvalue weighted by atomic mass is 9.80. The lowest BCUT2D eigenvalue weighted by Gasteiger charge is -2.38. The molecule has 1 aliphatic rings. The Hall–Kier alpha value is -1.39. The minimum absolute atomic E-state index is 0.0107. The van der Waals surface area contributed by atoms with E-state index < -0.39 is 0 Å². The molecule has 0 unspecified atom stereocenters. The number of hydrogen-bond acceptors (Lipinski definition) is 3. The van der Waals surface area contributed by atoms with E-state index in [1.54, 1.807) is 0 Å². The maximum atomic E-state index is 8.58. The average molecular weight is 206 g/mol. The molecule has 4 heteroatoms. The van der Waals surface area contributed by atoms with E-state index in [0.29, 0.717) is 5.56 Å². The van der Waals surface area contributed by atoms with Gasteiger partial charge in [-0.05, 0) is 5.56 Å². The van der Waals surface area contributed by atoms with Crippen LogP contribution in [0.25, 0.3) is 0 Å². The predicted octanol–water partition coefficient (Wildman–Crippen LogP) is 1.28. The minimum Gasteiger partial charge on any atom is -0.379 e. The van der Waals surface area contributed by atoms with E-state index in [0.717, 1.165) is 13.2 Å². The molecule has 0 bridgehead atoms. The van der Waals surface area contributed by atoms with Gasteiger partial charge in [0.1, 0.15) is 5.84 Å². The van der Waals surface area contributed by atoms with Crippen molar-refractivity contribution in [3.8, 4) is 0 Å². The number of rotatable bonds is 2. The van der Waals surface area contributed by atoms with Crippen molar-refractivity contribution in [2.24, 2.45) is 0 Å². The van der Waals surface area contributed by atoms with E-state index in [-0.39, 0.29) is 11.3 Å². The van der Waals surface area contributed by atoms with E-state index in [4.69, 9.17) is 15.4 Å². The molecule has 0 aliphatic carbocycles. The molecule has 1 aliphatic heterocycles. The Morgan fingerprint density at radius 3 is 2.40 bits per heavy atom. The summed E-state index contributed by atoms with van der Waals surface area (Å²) >= 11 is 0. The summed E-state index contributed by atoms with van der Waals surface area (Å²) in [7, 11) is 0. The molecule has 1 fully saturated rings. The fraction of sp³-hybridized carbons (Fsp3) is 0.364. The molecule has 80 valence electrons. The van der Waals surface area contributed by atoms with Gasteiger partial charge in [0.05, 0.1) is 13.2 Å². The Morgan fingerprint density at radius 1 is 1.40 bits per heavy atom. The molecule has 0 saturated carbocycles. The lowest BCUT2D eigenvalue weighted by molar-refractivity contribution is -0.0500. The van der Waals surface area contributed by atoms with E-state index in [2.05, 4.69) is 6.92 Å². The van der Waals surface area contributed by atoms with Crippen LogP contribution < -0.4 is 5.48 Å². The van der Waals surface area contributed by atoms with Crippen LogP contribution in [0, 0.1) is 5.41 Å². The molecule has 15 heavy (non-hydrogen) atoms. The standard InChI is InChI=1S/C11H14N2O2/c1-11(6-15-7-11)9-4-2-8(3-5-9)10(12)13-14/h2-5,14H,6-7H2,1H3,(H2,12,13). The summed E-state index contributed by atoms with van der Waals surface area (Å²) < 4.78 is 5.20. The highest BCUT2D eigenvalue weighted by Crippen LogP contribution is 2.31. The largest absolute Gasteiger partial charge is 0.379 e. The molecule has 0 atom stereocenters. The summed E-state index contributed by atoms with van der Waals surface area (Å²) in [4.78, 5) is 0. The first-order valence-corrected chi connectivity index (χ1v) is 4.83. The molecule has 3 N–H and O–H groups in total. The van der Waals surface area contributed by atoms with Crippen LogP contribution >= 0.6 is 0 Å². The quantitative estimate of drug-likeness (QED) is 0.388. The summed E-state index contributed by atoms with van der Waals surface area (Å²) in [5, 5.41) is 16.0. The van der Waals surface area contributed by atoms with Crippen molar-refractivity contribution < 1.29 is 9.94 Å². The third kappa shape index (κ3) is 1.73. The summed E-state index contributed by atoms with van der Waals surface area (Å²) in [6.45, 7) is 3.66. The molecule has 1 aromatic carbocycles. The summed E-state index contributed by atoms with van der Waals surface area (Å²) in [6, 6.07) is 7.60. The van der Waals surface area contributed by atoms with Gasteiger partial charge in [0.2, 0.25) is 0 Å². The van der Waals surface area contributed by atoms with Crippen LogP contribution in [0.1, 0.15) is 18.1 Å². The van der Waals surface area contributed by atoms with Crippen molar-refractivity contribution >= 4 is 5.84 Å². The second-order valence-electron chi connectivity index (χ2n) is 4.12. The van der Waals surface area contributed by atoms with E-state index in [9.17, 15) is 0 Å². The van der Waals surface area contributed by atoms with Gasteiger partial charge in [0.15, 0.2) is 0 Å². The Labute approximate surface area is 88.3 Å². The monoisotopic (exact) mass is 206 g/mol. The van der Waals surface area contributed by atoms with Crippen LogP contribution in [0.3, 0.4) is 0 Å². The average Bonchev–Trinajstić information content (AvgIpc) is 2.25. The number of ether oxygens (including phenoxy) is 1. The number of nitrogens with one attached hydrogen (secondary N) is 2. The van der Waals surface area contributed by atoms with Crippen molar-refractivity contribution in [2.45, 2.75) is 12.3 Å². The predicted molar refractivity (Wildman–Crippen MR) is 56.4 cm³/mol. The summed E-state index contributed by atoms with van der Waals surface area (Å²) in [5.74, 6) is 0.0107. The second-order valence-corrected chi connectivity index (χ2v) is 4.12. The van der Waals surface area contributed by atoms with E-state index in [1.807, 2.05) is 29.7 Å². The highest BCUT2D eigenvalue weighted by Gasteiger charge is 2.34. The van der Waals surface area contributed by atoms with Gasteiger partial charge >= 0.3 is 0 Å². The molecule has 1 heterocycles. The number of hydroxylamine groups is 1. The van der Waals surface area contributed by atoms with Crippen LogP contribution in [0.2, 0.25) is 0 Å². The van der Waals surface area contributed by atoms with Crippen molar-refractivity contribution in [3.63, 3.8) is 0 Å². The van der Waals surface area contributed by atoms with Crippen molar-refractivity contribution in [2.75, 3.05) is 13.2 Å². The van der Waals surface area contributed by atoms with Crippen LogP contribution in [0.15, 0.2) is 24.3 Å². The molecule has 1 saturated heterocycles. The molecule has 1 aromatic rings. The van der Waals surface area contributed by atoms with Gasteiger partial charge in [-0.3, -0.25) is 16.1 Å². The molecule has 2 rings (SSSR count). The van der Waals surface area contributed by atoms with Gasteiger partial charge in [-0.2, -0.15) is 0 Å². The third-order valence-corrected chi connectivity index (χ3v) is 2.82.